The number of unbranched alkanes of at least 4 members (excludes halogenated alkanes) is 1. The van der Waals surface area contributed by atoms with Crippen LogP contribution < -0.4 is 10.1 Å². The van der Waals surface area contributed by atoms with Crippen LogP contribution in [0.25, 0.3) is 0 Å². The molecule has 2 aromatic carbocycles. The highest BCUT2D eigenvalue weighted by molar-refractivity contribution is 5.94. The third-order valence-electron chi connectivity index (χ3n) is 4.92. The summed E-state index contributed by atoms with van der Waals surface area (Å²) in [5.74, 6) is 0.762. The fraction of sp³-hybridized carbons (Fsp3) is 0.435. The Morgan fingerprint density at radius 3 is 2.71 bits per heavy atom. The van der Waals surface area contributed by atoms with E-state index >= 15 is 0 Å². The van der Waals surface area contributed by atoms with E-state index in [1.165, 1.54) is 5.56 Å². The molecular formula is C23H30N2O3. The van der Waals surface area contributed by atoms with Gasteiger partial charge in [-0.2, -0.15) is 0 Å². The Bertz CT molecular complexity index is 718. The van der Waals surface area contributed by atoms with Gasteiger partial charge in [-0.05, 0) is 36.2 Å². The molecule has 1 saturated heterocycles. The van der Waals surface area contributed by atoms with Gasteiger partial charge < -0.3 is 14.8 Å². The van der Waals surface area contributed by atoms with Gasteiger partial charge in [0.1, 0.15) is 5.75 Å². The number of hydrogen-bond donors (Lipinski definition) is 1. The molecule has 1 amide bonds. The summed E-state index contributed by atoms with van der Waals surface area (Å²) in [6, 6.07) is 17.7. The molecule has 0 saturated carbocycles. The van der Waals surface area contributed by atoms with Crippen molar-refractivity contribution in [3.63, 3.8) is 0 Å². The van der Waals surface area contributed by atoms with E-state index in [0.29, 0.717) is 25.3 Å². The number of carbonyl (C=O) groups is 1. The maximum absolute atomic E-state index is 12.3. The Morgan fingerprint density at radius 1 is 1.18 bits per heavy atom. The lowest BCUT2D eigenvalue weighted by Gasteiger charge is -2.33. The molecule has 150 valence electrons. The summed E-state index contributed by atoms with van der Waals surface area (Å²) in [5, 5.41) is 3.01. The van der Waals surface area contributed by atoms with Gasteiger partial charge in [-0.3, -0.25) is 9.69 Å². The van der Waals surface area contributed by atoms with Gasteiger partial charge in [0.05, 0.1) is 19.3 Å². The van der Waals surface area contributed by atoms with Crippen LogP contribution in [0.1, 0.15) is 41.8 Å². The molecule has 0 spiro atoms. The van der Waals surface area contributed by atoms with E-state index in [2.05, 4.69) is 29.3 Å². The summed E-state index contributed by atoms with van der Waals surface area (Å²) in [5.41, 5.74) is 1.87. The fourth-order valence-corrected chi connectivity index (χ4v) is 3.24. The maximum atomic E-state index is 12.3. The van der Waals surface area contributed by atoms with Gasteiger partial charge in [0.2, 0.25) is 0 Å². The molecule has 1 atom stereocenters. The lowest BCUT2D eigenvalue weighted by Crippen LogP contribution is -2.42. The number of ether oxygens (including phenoxy) is 2. The van der Waals surface area contributed by atoms with Crippen molar-refractivity contribution < 1.29 is 14.3 Å². The van der Waals surface area contributed by atoms with Crippen LogP contribution >= 0.6 is 0 Å². The summed E-state index contributed by atoms with van der Waals surface area (Å²) >= 11 is 0. The number of rotatable bonds is 9. The van der Waals surface area contributed by atoms with Crippen molar-refractivity contribution in [1.82, 2.24) is 10.2 Å². The van der Waals surface area contributed by atoms with E-state index in [1.54, 1.807) is 0 Å². The average molecular weight is 383 g/mol. The second kappa shape index (κ2) is 10.8. The zero-order valence-electron chi connectivity index (χ0n) is 16.6. The Labute approximate surface area is 167 Å². The van der Waals surface area contributed by atoms with Gasteiger partial charge in [-0.15, -0.1) is 0 Å². The Hall–Kier alpha value is -2.37. The molecule has 1 aliphatic heterocycles. The minimum atomic E-state index is -0.0482. The zero-order valence-corrected chi connectivity index (χ0v) is 16.6. The first-order chi connectivity index (χ1) is 13.8. The highest BCUT2D eigenvalue weighted by Gasteiger charge is 2.21. The van der Waals surface area contributed by atoms with Gasteiger partial charge in [-0.1, -0.05) is 43.7 Å². The van der Waals surface area contributed by atoms with Crippen molar-refractivity contribution in [2.75, 3.05) is 39.4 Å². The summed E-state index contributed by atoms with van der Waals surface area (Å²) < 4.78 is 11.5. The van der Waals surface area contributed by atoms with Crippen molar-refractivity contribution in [3.8, 4) is 5.75 Å². The summed E-state index contributed by atoms with van der Waals surface area (Å²) in [6.07, 6.45) is 2.25. The lowest BCUT2D eigenvalue weighted by molar-refractivity contribution is -0.0293. The third-order valence-corrected chi connectivity index (χ3v) is 4.92. The van der Waals surface area contributed by atoms with E-state index < -0.39 is 0 Å². The largest absolute Gasteiger partial charge is 0.494 e. The van der Waals surface area contributed by atoms with Gasteiger partial charge in [0.25, 0.3) is 5.91 Å². The molecule has 5 heteroatoms. The second-order valence-electron chi connectivity index (χ2n) is 7.05. The van der Waals surface area contributed by atoms with E-state index in [-0.39, 0.29) is 12.0 Å². The molecule has 3 rings (SSSR count). The van der Waals surface area contributed by atoms with Crippen molar-refractivity contribution in [2.45, 2.75) is 25.9 Å². The molecular weight excluding hydrogens is 352 g/mol. The van der Waals surface area contributed by atoms with Crippen LogP contribution in [0.2, 0.25) is 0 Å². The van der Waals surface area contributed by atoms with Crippen molar-refractivity contribution in [3.05, 3.63) is 65.7 Å². The highest BCUT2D eigenvalue weighted by atomic mass is 16.5. The van der Waals surface area contributed by atoms with E-state index in [9.17, 15) is 4.79 Å². The number of benzene rings is 2. The van der Waals surface area contributed by atoms with Gasteiger partial charge in [-0.25, -0.2) is 0 Å². The molecule has 1 aliphatic rings. The van der Waals surface area contributed by atoms with E-state index in [0.717, 1.165) is 38.2 Å². The number of nitrogens with zero attached hydrogens (tertiary/aromatic N) is 1. The van der Waals surface area contributed by atoms with E-state index in [4.69, 9.17) is 9.47 Å². The molecule has 1 unspecified atom stereocenters. The van der Waals surface area contributed by atoms with Crippen molar-refractivity contribution in [2.24, 2.45) is 0 Å². The molecule has 0 radical (unpaired) electrons. The van der Waals surface area contributed by atoms with Crippen LogP contribution in [0, 0.1) is 0 Å². The van der Waals surface area contributed by atoms with Crippen molar-refractivity contribution in [1.29, 1.82) is 0 Å². The predicted molar refractivity (Wildman–Crippen MR) is 111 cm³/mol. The number of morpholine rings is 1. The summed E-state index contributed by atoms with van der Waals surface area (Å²) in [7, 11) is 0. The molecule has 5 nitrogen and oxygen atoms in total. The predicted octanol–water partition coefficient (Wildman–Crippen LogP) is 3.67. The first-order valence-corrected chi connectivity index (χ1v) is 10.2. The molecule has 28 heavy (non-hydrogen) atoms. The van der Waals surface area contributed by atoms with Crippen LogP contribution in [-0.2, 0) is 4.74 Å². The van der Waals surface area contributed by atoms with Crippen LogP contribution in [0.5, 0.6) is 5.75 Å². The van der Waals surface area contributed by atoms with Crippen molar-refractivity contribution >= 4 is 5.91 Å². The third kappa shape index (κ3) is 6.08. The zero-order chi connectivity index (χ0) is 19.6. The molecule has 0 bridgehead atoms. The second-order valence-corrected chi connectivity index (χ2v) is 7.05. The topological polar surface area (TPSA) is 50.8 Å². The SMILES string of the molecule is CCCCOc1ccc(C(=O)NCCN2CCOC(c3ccccc3)C2)cc1. The Balaban J connectivity index is 1.41. The summed E-state index contributed by atoms with van der Waals surface area (Å²) in [6.45, 7) is 6.74. The summed E-state index contributed by atoms with van der Waals surface area (Å²) in [4.78, 5) is 14.7. The number of carbonyl (C=O) groups excluding carboxylic acids is 1. The minimum absolute atomic E-state index is 0.0482. The van der Waals surface area contributed by atoms with Crippen LogP contribution in [-0.4, -0.2) is 50.2 Å². The Morgan fingerprint density at radius 2 is 1.96 bits per heavy atom. The highest BCUT2D eigenvalue weighted by Crippen LogP contribution is 2.21. The monoisotopic (exact) mass is 382 g/mol. The molecule has 0 aromatic heterocycles. The quantitative estimate of drug-likeness (QED) is 0.673. The lowest BCUT2D eigenvalue weighted by atomic mass is 10.1. The molecule has 1 heterocycles. The molecule has 2 aromatic rings. The van der Waals surface area contributed by atoms with Crippen LogP contribution in [0.4, 0.5) is 0 Å². The van der Waals surface area contributed by atoms with Gasteiger partial charge in [0.15, 0.2) is 0 Å². The average Bonchev–Trinajstić information content (AvgIpc) is 2.75. The van der Waals surface area contributed by atoms with Gasteiger partial charge in [0, 0.05) is 31.7 Å². The Kier molecular flexibility index (Phi) is 7.88. The number of amides is 1. The molecule has 1 N–H and O–H groups in total. The first-order valence-electron chi connectivity index (χ1n) is 10.2. The smallest absolute Gasteiger partial charge is 0.251 e. The van der Waals surface area contributed by atoms with Gasteiger partial charge >= 0.3 is 0 Å². The van der Waals surface area contributed by atoms with Crippen LogP contribution in [0.15, 0.2) is 54.6 Å². The molecule has 1 fully saturated rings. The number of nitrogens with one attached hydrogen (secondary N) is 1. The minimum Gasteiger partial charge on any atom is -0.494 e. The fourth-order valence-electron chi connectivity index (χ4n) is 3.24. The van der Waals surface area contributed by atoms with E-state index in [1.807, 2.05) is 42.5 Å². The van der Waals surface area contributed by atoms with Crippen LogP contribution in [0.3, 0.4) is 0 Å². The number of hydrogen-bond acceptors (Lipinski definition) is 4. The molecule has 0 aliphatic carbocycles. The standard InChI is InChI=1S/C23H30N2O3/c1-2-3-16-27-21-11-9-20(10-12-21)23(26)24-13-14-25-15-17-28-22(18-25)19-7-5-4-6-8-19/h4-12,22H,2-3,13-18H2,1H3,(H,24,26). The normalized spacial score (nSPS) is 17.2. The maximum Gasteiger partial charge on any atom is 0.251 e. The first kappa shape index (κ1) is 20.4.